The molecule has 0 saturated carbocycles. The molecule has 0 N–H and O–H groups in total. The van der Waals surface area contributed by atoms with Gasteiger partial charge in [0.05, 0.1) is 4.90 Å². The van der Waals surface area contributed by atoms with Gasteiger partial charge in [0, 0.05) is 29.7 Å². The Hall–Kier alpha value is -0.880. The van der Waals surface area contributed by atoms with Crippen molar-refractivity contribution in [2.24, 2.45) is 5.92 Å². The van der Waals surface area contributed by atoms with Crippen LogP contribution in [0.2, 0.25) is 0 Å². The maximum atomic E-state index is 12.5. The number of carbonyl (C=O) groups excluding carboxylic acids is 1. The van der Waals surface area contributed by atoms with E-state index in [4.69, 9.17) is 0 Å². The molecule has 1 aromatic carbocycles. The van der Waals surface area contributed by atoms with Crippen molar-refractivity contribution in [2.75, 3.05) is 18.1 Å². The highest BCUT2D eigenvalue weighted by atomic mass is 79.9. The molecule has 0 bridgehead atoms. The van der Waals surface area contributed by atoms with Gasteiger partial charge in [-0.1, -0.05) is 22.9 Å². The number of amides is 1. The fourth-order valence-corrected chi connectivity index (χ4v) is 4.12. The maximum Gasteiger partial charge on any atom is 0.254 e. The van der Waals surface area contributed by atoms with E-state index >= 15 is 0 Å². The first-order valence-electron chi connectivity index (χ1n) is 6.51. The van der Waals surface area contributed by atoms with Gasteiger partial charge in [-0.25, -0.2) is 8.42 Å². The molecule has 110 valence electrons. The number of hydrogen-bond donors (Lipinski definition) is 0. The van der Waals surface area contributed by atoms with Gasteiger partial charge in [-0.3, -0.25) is 4.79 Å². The third-order valence-electron chi connectivity index (χ3n) is 3.83. The van der Waals surface area contributed by atoms with Crippen LogP contribution in [0, 0.1) is 5.92 Å². The monoisotopic (exact) mass is 359 g/mol. The van der Waals surface area contributed by atoms with Gasteiger partial charge < -0.3 is 4.90 Å². The number of benzene rings is 1. The van der Waals surface area contributed by atoms with E-state index in [0.29, 0.717) is 11.5 Å². The summed E-state index contributed by atoms with van der Waals surface area (Å²) in [6, 6.07) is 6.37. The van der Waals surface area contributed by atoms with Crippen LogP contribution in [-0.4, -0.2) is 43.4 Å². The second-order valence-corrected chi connectivity index (χ2v) is 7.95. The Labute approximate surface area is 128 Å². The lowest BCUT2D eigenvalue weighted by Gasteiger charge is -2.25. The molecule has 1 saturated heterocycles. The van der Waals surface area contributed by atoms with E-state index in [0.717, 1.165) is 24.6 Å². The van der Waals surface area contributed by atoms with Gasteiger partial charge in [0.1, 0.15) is 0 Å². The van der Waals surface area contributed by atoms with E-state index in [9.17, 15) is 13.2 Å². The summed E-state index contributed by atoms with van der Waals surface area (Å²) in [5, 5.41) is 0.765. The fraction of sp³-hybridized carbons (Fsp3) is 0.500. The van der Waals surface area contributed by atoms with Crippen LogP contribution in [0.25, 0.3) is 0 Å². The largest absolute Gasteiger partial charge is 0.335 e. The summed E-state index contributed by atoms with van der Waals surface area (Å²) in [6.45, 7) is 2.90. The van der Waals surface area contributed by atoms with Crippen LogP contribution in [0.1, 0.15) is 23.7 Å². The van der Waals surface area contributed by atoms with Crippen LogP contribution >= 0.6 is 15.9 Å². The van der Waals surface area contributed by atoms with E-state index in [-0.39, 0.29) is 16.8 Å². The molecule has 0 radical (unpaired) electrons. The normalized spacial score (nSPS) is 23.1. The Morgan fingerprint density at radius 2 is 1.95 bits per heavy atom. The highest BCUT2D eigenvalue weighted by Crippen LogP contribution is 2.27. The predicted molar refractivity (Wildman–Crippen MR) is 82.0 cm³/mol. The van der Waals surface area contributed by atoms with Crippen LogP contribution in [-0.2, 0) is 9.84 Å². The number of halogens is 1. The fourth-order valence-electron chi connectivity index (χ4n) is 2.51. The minimum Gasteiger partial charge on any atom is -0.335 e. The average Bonchev–Trinajstić information content (AvgIpc) is 2.78. The molecule has 1 amide bonds. The summed E-state index contributed by atoms with van der Waals surface area (Å²) in [5.74, 6) is 0.451. The quantitative estimate of drug-likeness (QED) is 0.778. The van der Waals surface area contributed by atoms with Crippen LogP contribution < -0.4 is 0 Å². The molecule has 2 atom stereocenters. The van der Waals surface area contributed by atoms with Crippen molar-refractivity contribution in [1.29, 1.82) is 0 Å². The summed E-state index contributed by atoms with van der Waals surface area (Å²) in [4.78, 5) is 14.6. The van der Waals surface area contributed by atoms with Crippen molar-refractivity contribution in [3.8, 4) is 0 Å². The SMILES string of the molecule is CC1CCN(C(=O)c2ccc(S(C)(=O)=O)cc2)C1CBr. The number of sulfone groups is 1. The van der Waals surface area contributed by atoms with E-state index in [1.165, 1.54) is 12.1 Å². The minimum absolute atomic E-state index is 0.0288. The zero-order valence-electron chi connectivity index (χ0n) is 11.5. The topological polar surface area (TPSA) is 54.5 Å². The summed E-state index contributed by atoms with van der Waals surface area (Å²) in [5.41, 5.74) is 0.539. The molecule has 2 rings (SSSR count). The van der Waals surface area contributed by atoms with Crippen molar-refractivity contribution < 1.29 is 13.2 Å². The zero-order valence-corrected chi connectivity index (χ0v) is 13.9. The lowest BCUT2D eigenvalue weighted by atomic mass is 10.0. The van der Waals surface area contributed by atoms with E-state index in [2.05, 4.69) is 22.9 Å². The molecule has 2 unspecified atom stereocenters. The Morgan fingerprint density at radius 3 is 2.45 bits per heavy atom. The van der Waals surface area contributed by atoms with Gasteiger partial charge in [-0.05, 0) is 36.6 Å². The highest BCUT2D eigenvalue weighted by Gasteiger charge is 2.33. The smallest absolute Gasteiger partial charge is 0.254 e. The molecular formula is C14H18BrNO3S. The van der Waals surface area contributed by atoms with Crippen molar-refractivity contribution in [3.05, 3.63) is 29.8 Å². The van der Waals surface area contributed by atoms with Crippen LogP contribution in [0.4, 0.5) is 0 Å². The lowest BCUT2D eigenvalue weighted by Crippen LogP contribution is -2.38. The number of carbonyl (C=O) groups is 1. The first-order chi connectivity index (χ1) is 9.34. The maximum absolute atomic E-state index is 12.5. The Kier molecular flexibility index (Phi) is 4.54. The molecule has 0 spiro atoms. The molecular weight excluding hydrogens is 342 g/mol. The summed E-state index contributed by atoms with van der Waals surface area (Å²) in [7, 11) is -3.22. The Balaban J connectivity index is 2.22. The van der Waals surface area contributed by atoms with Gasteiger partial charge in [0.25, 0.3) is 5.91 Å². The van der Waals surface area contributed by atoms with E-state index in [1.807, 2.05) is 4.90 Å². The van der Waals surface area contributed by atoms with Gasteiger partial charge in [0.15, 0.2) is 9.84 Å². The predicted octanol–water partition coefficient (Wildman–Crippen LogP) is 2.34. The molecule has 1 heterocycles. The second kappa shape index (κ2) is 5.85. The number of nitrogens with zero attached hydrogens (tertiary/aromatic N) is 1. The Morgan fingerprint density at radius 1 is 1.35 bits per heavy atom. The van der Waals surface area contributed by atoms with E-state index in [1.54, 1.807) is 12.1 Å². The molecule has 6 heteroatoms. The van der Waals surface area contributed by atoms with Gasteiger partial charge in [-0.15, -0.1) is 0 Å². The molecule has 0 aliphatic carbocycles. The number of hydrogen-bond acceptors (Lipinski definition) is 3. The summed E-state index contributed by atoms with van der Waals surface area (Å²) < 4.78 is 22.8. The first kappa shape index (κ1) is 15.5. The summed E-state index contributed by atoms with van der Waals surface area (Å²) >= 11 is 3.46. The number of alkyl halides is 1. The van der Waals surface area contributed by atoms with Crippen molar-refractivity contribution in [1.82, 2.24) is 4.90 Å². The minimum atomic E-state index is -3.22. The van der Waals surface area contributed by atoms with Gasteiger partial charge in [0.2, 0.25) is 0 Å². The molecule has 1 aromatic rings. The lowest BCUT2D eigenvalue weighted by molar-refractivity contribution is 0.0738. The van der Waals surface area contributed by atoms with Crippen LogP contribution in [0.5, 0.6) is 0 Å². The molecule has 0 aromatic heterocycles. The van der Waals surface area contributed by atoms with E-state index < -0.39 is 9.84 Å². The number of likely N-dealkylation sites (tertiary alicyclic amines) is 1. The molecule has 1 fully saturated rings. The van der Waals surface area contributed by atoms with Crippen molar-refractivity contribution >= 4 is 31.7 Å². The van der Waals surface area contributed by atoms with Gasteiger partial charge in [-0.2, -0.15) is 0 Å². The zero-order chi connectivity index (χ0) is 14.9. The molecule has 1 aliphatic heterocycles. The third kappa shape index (κ3) is 3.06. The van der Waals surface area contributed by atoms with Crippen LogP contribution in [0.15, 0.2) is 29.2 Å². The molecule has 4 nitrogen and oxygen atoms in total. The number of rotatable bonds is 3. The van der Waals surface area contributed by atoms with Crippen molar-refractivity contribution in [3.63, 3.8) is 0 Å². The standard InChI is InChI=1S/C14H18BrNO3S/c1-10-7-8-16(13(10)9-15)14(17)11-3-5-12(6-4-11)20(2,18)19/h3-6,10,13H,7-9H2,1-2H3. The molecule has 1 aliphatic rings. The Bertz CT molecular complexity index is 597. The average molecular weight is 360 g/mol. The summed E-state index contributed by atoms with van der Waals surface area (Å²) in [6.07, 6.45) is 2.16. The first-order valence-corrected chi connectivity index (χ1v) is 9.53. The van der Waals surface area contributed by atoms with Gasteiger partial charge >= 0.3 is 0 Å². The highest BCUT2D eigenvalue weighted by molar-refractivity contribution is 9.09. The van der Waals surface area contributed by atoms with Crippen molar-refractivity contribution in [2.45, 2.75) is 24.3 Å². The second-order valence-electron chi connectivity index (χ2n) is 5.28. The third-order valence-corrected chi connectivity index (χ3v) is 5.62. The molecule has 20 heavy (non-hydrogen) atoms. The van der Waals surface area contributed by atoms with Crippen LogP contribution in [0.3, 0.4) is 0 Å².